The van der Waals surface area contributed by atoms with Crippen LogP contribution in [0.3, 0.4) is 0 Å². The number of anilines is 1. The number of benzene rings is 1. The van der Waals surface area contributed by atoms with Gasteiger partial charge in [0, 0.05) is 11.2 Å². The van der Waals surface area contributed by atoms with Gasteiger partial charge in [0.2, 0.25) is 0 Å². The highest BCUT2D eigenvalue weighted by Gasteiger charge is 2.14. The molecule has 0 saturated heterocycles. The lowest BCUT2D eigenvalue weighted by atomic mass is 9.79. The van der Waals surface area contributed by atoms with E-state index in [1.165, 1.54) is 6.07 Å². The van der Waals surface area contributed by atoms with E-state index in [0.717, 1.165) is 12.1 Å². The monoisotopic (exact) mass is 191 g/mol. The van der Waals surface area contributed by atoms with Crippen molar-refractivity contribution in [2.24, 2.45) is 0 Å². The Morgan fingerprint density at radius 2 is 1.92 bits per heavy atom. The summed E-state index contributed by atoms with van der Waals surface area (Å²) in [5.41, 5.74) is 5.46. The zero-order valence-electron chi connectivity index (χ0n) is 6.07. The first-order valence-electron chi connectivity index (χ1n) is 3.02. The lowest BCUT2D eigenvalue weighted by molar-refractivity contribution is 0.425. The lowest BCUT2D eigenvalue weighted by Gasteiger charge is -2.02. The highest BCUT2D eigenvalue weighted by atomic mass is 35.5. The predicted octanol–water partition coefficient (Wildman–Crippen LogP) is -0.490. The summed E-state index contributed by atoms with van der Waals surface area (Å²) in [5.74, 6) is -0.540. The van der Waals surface area contributed by atoms with Gasteiger partial charge in [-0.15, -0.1) is 12.4 Å². The number of rotatable bonds is 1. The highest BCUT2D eigenvalue weighted by molar-refractivity contribution is 6.60. The Morgan fingerprint density at radius 3 is 2.33 bits per heavy atom. The molecule has 1 aromatic rings. The summed E-state index contributed by atoms with van der Waals surface area (Å²) in [6.07, 6.45) is 0. The molecule has 12 heavy (non-hydrogen) atoms. The molecule has 0 fully saturated rings. The van der Waals surface area contributed by atoms with Gasteiger partial charge in [0.1, 0.15) is 5.82 Å². The molecule has 0 amide bonds. The van der Waals surface area contributed by atoms with Crippen LogP contribution in [-0.2, 0) is 0 Å². The maximum atomic E-state index is 12.4. The molecule has 0 heterocycles. The van der Waals surface area contributed by atoms with Crippen LogP contribution >= 0.6 is 12.4 Å². The molecule has 6 heteroatoms. The van der Waals surface area contributed by atoms with E-state index in [1.54, 1.807) is 0 Å². The maximum absolute atomic E-state index is 12.4. The van der Waals surface area contributed by atoms with Crippen LogP contribution in [0.25, 0.3) is 0 Å². The smallest absolute Gasteiger partial charge is 0.423 e. The molecule has 0 bridgehead atoms. The van der Waals surface area contributed by atoms with Crippen molar-refractivity contribution in [3.8, 4) is 0 Å². The first kappa shape index (κ1) is 11.2. The molecule has 1 aromatic carbocycles. The molecular weight excluding hydrogens is 183 g/mol. The summed E-state index contributed by atoms with van der Waals surface area (Å²) in [6.45, 7) is 0. The van der Waals surface area contributed by atoms with Crippen molar-refractivity contribution in [2.45, 2.75) is 0 Å². The Balaban J connectivity index is 0.00000121. The Kier molecular flexibility index (Phi) is 4.02. The third-order valence-electron chi connectivity index (χ3n) is 1.33. The van der Waals surface area contributed by atoms with Crippen LogP contribution in [0.2, 0.25) is 0 Å². The molecular formula is C6H8BClFNO2. The number of nitrogens with two attached hydrogens (primary N) is 1. The number of nitrogen functional groups attached to an aromatic ring is 1. The molecule has 0 atom stereocenters. The third kappa shape index (κ3) is 2.37. The van der Waals surface area contributed by atoms with Gasteiger partial charge in [-0.25, -0.2) is 4.39 Å². The van der Waals surface area contributed by atoms with Crippen molar-refractivity contribution < 1.29 is 14.4 Å². The average Bonchev–Trinajstić information content (AvgIpc) is 1.94. The highest BCUT2D eigenvalue weighted by Crippen LogP contribution is 2.01. The van der Waals surface area contributed by atoms with Crippen molar-refractivity contribution in [1.29, 1.82) is 0 Å². The van der Waals surface area contributed by atoms with E-state index in [1.807, 2.05) is 0 Å². The predicted molar refractivity (Wildman–Crippen MR) is 47.9 cm³/mol. The summed E-state index contributed by atoms with van der Waals surface area (Å²) in [7, 11) is -1.72. The normalized spacial score (nSPS) is 8.92. The zero-order chi connectivity index (χ0) is 8.43. The Bertz CT molecular complexity index is 272. The van der Waals surface area contributed by atoms with Crippen molar-refractivity contribution in [1.82, 2.24) is 0 Å². The number of hydrogen-bond donors (Lipinski definition) is 3. The van der Waals surface area contributed by atoms with Crippen LogP contribution in [0.5, 0.6) is 0 Å². The van der Waals surface area contributed by atoms with Gasteiger partial charge in [-0.05, 0) is 18.2 Å². The van der Waals surface area contributed by atoms with Crippen LogP contribution < -0.4 is 11.2 Å². The van der Waals surface area contributed by atoms with Crippen molar-refractivity contribution in [3.63, 3.8) is 0 Å². The summed E-state index contributed by atoms with van der Waals surface area (Å²) >= 11 is 0. The van der Waals surface area contributed by atoms with Gasteiger partial charge in [0.05, 0.1) is 0 Å². The fourth-order valence-electron chi connectivity index (χ4n) is 0.769. The van der Waals surface area contributed by atoms with Crippen LogP contribution in [0.1, 0.15) is 0 Å². The van der Waals surface area contributed by atoms with E-state index in [9.17, 15) is 4.39 Å². The van der Waals surface area contributed by atoms with Crippen molar-refractivity contribution in [3.05, 3.63) is 24.0 Å². The van der Waals surface area contributed by atoms with E-state index < -0.39 is 12.9 Å². The Hall–Kier alpha value is -0.775. The van der Waals surface area contributed by atoms with E-state index in [-0.39, 0.29) is 23.6 Å². The minimum atomic E-state index is -1.72. The Labute approximate surface area is 75.6 Å². The minimum absolute atomic E-state index is 0. The quantitative estimate of drug-likeness (QED) is 0.414. The second-order valence-electron chi connectivity index (χ2n) is 2.15. The molecule has 0 aromatic heterocycles. The largest absolute Gasteiger partial charge is 0.490 e. The van der Waals surface area contributed by atoms with Gasteiger partial charge in [-0.3, -0.25) is 0 Å². The number of halogens is 2. The van der Waals surface area contributed by atoms with Crippen molar-refractivity contribution >= 4 is 30.7 Å². The minimum Gasteiger partial charge on any atom is -0.423 e. The third-order valence-corrected chi connectivity index (χ3v) is 1.33. The first-order chi connectivity index (χ1) is 5.11. The van der Waals surface area contributed by atoms with E-state index in [0.29, 0.717) is 0 Å². The maximum Gasteiger partial charge on any atom is 0.490 e. The molecule has 1 rings (SSSR count). The lowest BCUT2D eigenvalue weighted by Crippen LogP contribution is -2.32. The molecule has 4 N–H and O–H groups in total. The molecule has 66 valence electrons. The van der Waals surface area contributed by atoms with E-state index >= 15 is 0 Å². The molecule has 3 nitrogen and oxygen atoms in total. The zero-order valence-corrected chi connectivity index (χ0v) is 6.88. The summed E-state index contributed by atoms with van der Waals surface area (Å²) in [5, 5.41) is 17.3. The second-order valence-corrected chi connectivity index (χ2v) is 2.15. The van der Waals surface area contributed by atoms with Crippen LogP contribution in [0.4, 0.5) is 10.1 Å². The van der Waals surface area contributed by atoms with Gasteiger partial charge in [-0.1, -0.05) is 0 Å². The SMILES string of the molecule is Cl.Nc1ccc(F)cc1B(O)O. The molecule has 0 aliphatic heterocycles. The summed E-state index contributed by atoms with van der Waals surface area (Å²) in [6, 6.07) is 3.42. The second kappa shape index (κ2) is 4.30. The van der Waals surface area contributed by atoms with E-state index in [2.05, 4.69) is 0 Å². The summed E-state index contributed by atoms with van der Waals surface area (Å²) < 4.78 is 12.4. The van der Waals surface area contributed by atoms with Crippen molar-refractivity contribution in [2.75, 3.05) is 5.73 Å². The van der Waals surface area contributed by atoms with Gasteiger partial charge in [0.25, 0.3) is 0 Å². The van der Waals surface area contributed by atoms with Gasteiger partial charge < -0.3 is 15.8 Å². The fraction of sp³-hybridized carbons (Fsp3) is 0. The van der Waals surface area contributed by atoms with Crippen LogP contribution in [0.15, 0.2) is 18.2 Å². The first-order valence-corrected chi connectivity index (χ1v) is 3.02. The molecule has 0 spiro atoms. The average molecular weight is 191 g/mol. The van der Waals surface area contributed by atoms with Gasteiger partial charge in [0.15, 0.2) is 0 Å². The standard InChI is InChI=1S/C6H7BFNO2.ClH/c8-4-1-2-6(9)5(3-4)7(10)11;/h1-3,10-11H,9H2;1H. The fourth-order valence-corrected chi connectivity index (χ4v) is 0.769. The number of hydrogen-bond acceptors (Lipinski definition) is 3. The van der Waals surface area contributed by atoms with Crippen LogP contribution in [0, 0.1) is 5.82 Å². The Morgan fingerprint density at radius 1 is 1.33 bits per heavy atom. The molecule has 0 unspecified atom stereocenters. The summed E-state index contributed by atoms with van der Waals surface area (Å²) in [4.78, 5) is 0. The molecule has 0 radical (unpaired) electrons. The molecule has 0 aliphatic rings. The topological polar surface area (TPSA) is 66.5 Å². The molecule has 0 aliphatic carbocycles. The van der Waals surface area contributed by atoms with Gasteiger partial charge >= 0.3 is 7.12 Å². The van der Waals surface area contributed by atoms with Gasteiger partial charge in [-0.2, -0.15) is 0 Å². The van der Waals surface area contributed by atoms with E-state index in [4.69, 9.17) is 15.8 Å². The van der Waals surface area contributed by atoms with Crippen LogP contribution in [-0.4, -0.2) is 17.2 Å². The molecule has 0 saturated carbocycles.